The van der Waals surface area contributed by atoms with E-state index in [0.29, 0.717) is 5.82 Å². The van der Waals surface area contributed by atoms with Crippen molar-refractivity contribution in [1.29, 1.82) is 0 Å². The van der Waals surface area contributed by atoms with E-state index in [2.05, 4.69) is 158 Å². The van der Waals surface area contributed by atoms with Crippen LogP contribution in [0.15, 0.2) is 199 Å². The molecule has 0 unspecified atom stereocenters. The molecule has 0 radical (unpaired) electrons. The van der Waals surface area contributed by atoms with Crippen LogP contribution in [0.25, 0.3) is 100.0 Å². The summed E-state index contributed by atoms with van der Waals surface area (Å²) in [6.45, 7) is 0. The Morgan fingerprint density at radius 2 is 0.811 bits per heavy atom. The molecule has 10 rings (SSSR count). The molecule has 0 saturated carbocycles. The highest BCUT2D eigenvalue weighted by molar-refractivity contribution is 6.14. The molecule has 10 aromatic rings. The molecule has 3 nitrogen and oxygen atoms in total. The van der Waals surface area contributed by atoms with Gasteiger partial charge in [0.1, 0.15) is 11.2 Å². The Balaban J connectivity index is 1.14. The summed E-state index contributed by atoms with van der Waals surface area (Å²) >= 11 is 0. The van der Waals surface area contributed by atoms with Crippen LogP contribution < -0.4 is 0 Å². The lowest BCUT2D eigenvalue weighted by Crippen LogP contribution is -1.96. The zero-order chi connectivity index (χ0) is 35.1. The van der Waals surface area contributed by atoms with Gasteiger partial charge in [0.15, 0.2) is 5.82 Å². The molecule has 0 spiro atoms. The van der Waals surface area contributed by atoms with Gasteiger partial charge in [-0.15, -0.1) is 0 Å². The van der Waals surface area contributed by atoms with E-state index in [4.69, 9.17) is 14.4 Å². The van der Waals surface area contributed by atoms with E-state index in [9.17, 15) is 0 Å². The van der Waals surface area contributed by atoms with Gasteiger partial charge in [0.2, 0.25) is 0 Å². The molecule has 0 saturated heterocycles. The van der Waals surface area contributed by atoms with Crippen molar-refractivity contribution in [3.8, 4) is 67.3 Å². The third-order valence-corrected chi connectivity index (χ3v) is 10.1. The molecule has 2 heterocycles. The molecule has 2 aromatic heterocycles. The average molecular weight is 677 g/mol. The Bertz CT molecular complexity index is 2910. The Morgan fingerprint density at radius 1 is 0.302 bits per heavy atom. The summed E-state index contributed by atoms with van der Waals surface area (Å²) < 4.78 is 6.50. The summed E-state index contributed by atoms with van der Waals surface area (Å²) in [5, 5.41) is 4.48. The minimum atomic E-state index is 0.657. The Labute approximate surface area is 307 Å². The number of furan rings is 1. The standard InChI is InChI=1S/C50H32N2O/c1-4-13-33(14-5-1)34-23-25-37(26-24-34)46-32-45(36-17-8-3-9-18-36)51-50(52-46)43-21-12-22-48-49(43)44-31-38(27-30-47(44)53-48)40-29-28-39(35-15-6-2-7-16-35)41-19-10-11-20-42(40)41/h1-32H. The van der Waals surface area contributed by atoms with E-state index in [0.717, 1.165) is 55.6 Å². The van der Waals surface area contributed by atoms with Gasteiger partial charge in [-0.1, -0.05) is 170 Å². The fourth-order valence-corrected chi connectivity index (χ4v) is 7.54. The van der Waals surface area contributed by atoms with E-state index >= 15 is 0 Å². The fourth-order valence-electron chi connectivity index (χ4n) is 7.54. The predicted molar refractivity (Wildman–Crippen MR) is 219 cm³/mol. The second-order valence-corrected chi connectivity index (χ2v) is 13.3. The highest BCUT2D eigenvalue weighted by atomic mass is 16.3. The van der Waals surface area contributed by atoms with Crippen molar-refractivity contribution in [3.05, 3.63) is 194 Å². The summed E-state index contributed by atoms with van der Waals surface area (Å²) in [7, 11) is 0. The van der Waals surface area contributed by atoms with Gasteiger partial charge in [-0.2, -0.15) is 0 Å². The first kappa shape index (κ1) is 30.7. The quantitative estimate of drug-likeness (QED) is 0.176. The number of aromatic nitrogens is 2. The van der Waals surface area contributed by atoms with E-state index < -0.39 is 0 Å². The highest BCUT2D eigenvalue weighted by Gasteiger charge is 2.18. The van der Waals surface area contributed by atoms with Crippen molar-refractivity contribution in [2.24, 2.45) is 0 Å². The largest absolute Gasteiger partial charge is 0.456 e. The summed E-state index contributed by atoms with van der Waals surface area (Å²) in [6.07, 6.45) is 0. The lowest BCUT2D eigenvalue weighted by Gasteiger charge is -2.12. The maximum absolute atomic E-state index is 6.50. The zero-order valence-electron chi connectivity index (χ0n) is 28.8. The molecule has 248 valence electrons. The first-order valence-electron chi connectivity index (χ1n) is 17.9. The molecule has 8 aromatic carbocycles. The van der Waals surface area contributed by atoms with E-state index in [1.807, 2.05) is 36.4 Å². The minimum Gasteiger partial charge on any atom is -0.456 e. The third-order valence-electron chi connectivity index (χ3n) is 10.1. The Kier molecular flexibility index (Phi) is 7.47. The third kappa shape index (κ3) is 5.56. The molecule has 0 fully saturated rings. The van der Waals surface area contributed by atoms with Gasteiger partial charge in [0.25, 0.3) is 0 Å². The van der Waals surface area contributed by atoms with Crippen LogP contribution in [-0.4, -0.2) is 9.97 Å². The van der Waals surface area contributed by atoms with Crippen molar-refractivity contribution in [1.82, 2.24) is 9.97 Å². The van der Waals surface area contributed by atoms with Crippen LogP contribution in [0, 0.1) is 0 Å². The van der Waals surface area contributed by atoms with Crippen LogP contribution in [0.5, 0.6) is 0 Å². The maximum atomic E-state index is 6.50. The number of rotatable bonds is 6. The molecule has 0 aliphatic heterocycles. The highest BCUT2D eigenvalue weighted by Crippen LogP contribution is 2.41. The molecule has 53 heavy (non-hydrogen) atoms. The molecular formula is C50H32N2O. The summed E-state index contributed by atoms with van der Waals surface area (Å²) in [5.74, 6) is 0.657. The van der Waals surface area contributed by atoms with Gasteiger partial charge < -0.3 is 4.42 Å². The van der Waals surface area contributed by atoms with Crippen LogP contribution in [0.1, 0.15) is 0 Å². The van der Waals surface area contributed by atoms with E-state index in [1.54, 1.807) is 0 Å². The average Bonchev–Trinajstić information content (AvgIpc) is 3.62. The summed E-state index contributed by atoms with van der Waals surface area (Å²) in [6, 6.07) is 67.9. The first-order valence-corrected chi connectivity index (χ1v) is 17.9. The number of hydrogen-bond donors (Lipinski definition) is 0. The molecule has 0 N–H and O–H groups in total. The van der Waals surface area contributed by atoms with Crippen molar-refractivity contribution in [3.63, 3.8) is 0 Å². The topological polar surface area (TPSA) is 38.9 Å². The zero-order valence-corrected chi connectivity index (χ0v) is 28.8. The first-order chi connectivity index (χ1) is 26.3. The van der Waals surface area contributed by atoms with Crippen LogP contribution in [0.2, 0.25) is 0 Å². The molecule has 0 amide bonds. The smallest absolute Gasteiger partial charge is 0.161 e. The van der Waals surface area contributed by atoms with Crippen LogP contribution >= 0.6 is 0 Å². The number of fused-ring (bicyclic) bond motifs is 4. The SMILES string of the molecule is c1ccc(-c2ccc(-c3cc(-c4ccccc4)nc(-c4cccc5oc6ccc(-c7ccc(-c8ccccc8)c8ccccc78)cc6c45)n3)cc2)cc1. The second-order valence-electron chi connectivity index (χ2n) is 13.3. The monoisotopic (exact) mass is 676 g/mol. The van der Waals surface area contributed by atoms with E-state index in [1.165, 1.54) is 38.6 Å². The molecule has 3 heteroatoms. The Hall–Kier alpha value is -7.10. The number of benzene rings is 8. The predicted octanol–water partition coefficient (Wildman–Crippen LogP) is 13.5. The van der Waals surface area contributed by atoms with Crippen molar-refractivity contribution in [2.75, 3.05) is 0 Å². The van der Waals surface area contributed by atoms with Gasteiger partial charge >= 0.3 is 0 Å². The second kappa shape index (κ2) is 12.9. The molecule has 0 aliphatic carbocycles. The summed E-state index contributed by atoms with van der Waals surface area (Å²) in [4.78, 5) is 10.5. The molecule has 0 bridgehead atoms. The lowest BCUT2D eigenvalue weighted by molar-refractivity contribution is 0.669. The van der Waals surface area contributed by atoms with Crippen molar-refractivity contribution < 1.29 is 4.42 Å². The van der Waals surface area contributed by atoms with Crippen LogP contribution in [-0.2, 0) is 0 Å². The van der Waals surface area contributed by atoms with Gasteiger partial charge in [0, 0.05) is 27.5 Å². The Morgan fingerprint density at radius 3 is 1.47 bits per heavy atom. The van der Waals surface area contributed by atoms with Gasteiger partial charge in [-0.05, 0) is 68.4 Å². The van der Waals surface area contributed by atoms with E-state index in [-0.39, 0.29) is 0 Å². The van der Waals surface area contributed by atoms with Crippen molar-refractivity contribution >= 4 is 32.7 Å². The fraction of sp³-hybridized carbons (Fsp3) is 0. The minimum absolute atomic E-state index is 0.657. The van der Waals surface area contributed by atoms with Gasteiger partial charge in [-0.25, -0.2) is 9.97 Å². The number of hydrogen-bond acceptors (Lipinski definition) is 3. The summed E-state index contributed by atoms with van der Waals surface area (Å²) in [5.41, 5.74) is 13.5. The molecule has 0 aliphatic rings. The van der Waals surface area contributed by atoms with Crippen LogP contribution in [0.4, 0.5) is 0 Å². The van der Waals surface area contributed by atoms with Crippen LogP contribution in [0.3, 0.4) is 0 Å². The van der Waals surface area contributed by atoms with Gasteiger partial charge in [0.05, 0.1) is 11.4 Å². The maximum Gasteiger partial charge on any atom is 0.161 e. The van der Waals surface area contributed by atoms with Gasteiger partial charge in [-0.3, -0.25) is 0 Å². The molecule has 0 atom stereocenters. The lowest BCUT2D eigenvalue weighted by atomic mass is 9.91. The molecular weight excluding hydrogens is 645 g/mol. The normalized spacial score (nSPS) is 11.4. The van der Waals surface area contributed by atoms with Crippen molar-refractivity contribution in [2.45, 2.75) is 0 Å². The number of nitrogens with zero attached hydrogens (tertiary/aromatic N) is 2.